The smallest absolute Gasteiger partial charge is 0.313 e. The van der Waals surface area contributed by atoms with Gasteiger partial charge in [-0.2, -0.15) is 13.2 Å². The van der Waals surface area contributed by atoms with E-state index in [0.29, 0.717) is 6.54 Å². The average Bonchev–Trinajstić information content (AvgIpc) is 1.94. The van der Waals surface area contributed by atoms with Crippen molar-refractivity contribution >= 4 is 0 Å². The number of rotatable bonds is 4. The third-order valence-corrected chi connectivity index (χ3v) is 2.98. The van der Waals surface area contributed by atoms with Gasteiger partial charge in [0.2, 0.25) is 0 Å². The Morgan fingerprint density at radius 1 is 1.36 bits per heavy atom. The Kier molecular flexibility index (Phi) is 3.45. The van der Waals surface area contributed by atoms with Crippen molar-refractivity contribution in [3.05, 3.63) is 0 Å². The zero-order chi connectivity index (χ0) is 10.8. The summed E-state index contributed by atoms with van der Waals surface area (Å²) in [6.45, 7) is 4.43. The molecule has 1 unspecified atom stereocenters. The van der Waals surface area contributed by atoms with Crippen LogP contribution >= 0.6 is 0 Å². The van der Waals surface area contributed by atoms with E-state index in [1.165, 1.54) is 6.42 Å². The first-order valence-electron chi connectivity index (χ1n) is 5.11. The minimum atomic E-state index is -4.05. The molecule has 0 aromatic carbocycles. The number of halogens is 3. The lowest BCUT2D eigenvalue weighted by atomic mass is 9.70. The highest BCUT2D eigenvalue weighted by Gasteiger charge is 2.34. The molecule has 84 valence electrons. The van der Waals surface area contributed by atoms with Gasteiger partial charge in [-0.1, -0.05) is 13.3 Å². The van der Waals surface area contributed by atoms with Crippen LogP contribution in [-0.4, -0.2) is 18.8 Å². The molecule has 14 heavy (non-hydrogen) atoms. The van der Waals surface area contributed by atoms with Crippen LogP contribution in [0, 0.1) is 5.41 Å². The van der Waals surface area contributed by atoms with Gasteiger partial charge in [-0.15, -0.1) is 0 Å². The molecule has 4 heteroatoms. The van der Waals surface area contributed by atoms with Gasteiger partial charge in [0.15, 0.2) is 0 Å². The van der Waals surface area contributed by atoms with Crippen molar-refractivity contribution < 1.29 is 13.2 Å². The van der Waals surface area contributed by atoms with Crippen molar-refractivity contribution in [1.29, 1.82) is 0 Å². The maximum atomic E-state index is 12.0. The molecule has 1 N–H and O–H groups in total. The summed E-state index contributed by atoms with van der Waals surface area (Å²) >= 11 is 0. The van der Waals surface area contributed by atoms with Gasteiger partial charge >= 0.3 is 6.18 Å². The molecule has 0 aromatic rings. The molecule has 0 aliphatic heterocycles. The van der Waals surface area contributed by atoms with Crippen LogP contribution in [0.1, 0.15) is 39.5 Å². The van der Waals surface area contributed by atoms with Crippen molar-refractivity contribution in [2.45, 2.75) is 51.7 Å². The fraction of sp³-hybridized carbons (Fsp3) is 1.00. The van der Waals surface area contributed by atoms with Crippen LogP contribution < -0.4 is 5.32 Å². The van der Waals surface area contributed by atoms with Gasteiger partial charge in [-0.25, -0.2) is 0 Å². The summed E-state index contributed by atoms with van der Waals surface area (Å²) in [6.07, 6.45) is -1.29. The maximum absolute atomic E-state index is 12.0. The van der Waals surface area contributed by atoms with E-state index in [2.05, 4.69) is 12.2 Å². The largest absolute Gasteiger partial charge is 0.390 e. The lowest BCUT2D eigenvalue weighted by molar-refractivity contribution is -0.139. The van der Waals surface area contributed by atoms with Gasteiger partial charge in [0.1, 0.15) is 0 Å². The summed E-state index contributed by atoms with van der Waals surface area (Å²) < 4.78 is 35.9. The van der Waals surface area contributed by atoms with Crippen molar-refractivity contribution in [3.63, 3.8) is 0 Å². The van der Waals surface area contributed by atoms with E-state index in [9.17, 15) is 13.2 Å². The van der Waals surface area contributed by atoms with Crippen LogP contribution in [0.15, 0.2) is 0 Å². The molecule has 1 fully saturated rings. The number of hydrogen-bond acceptors (Lipinski definition) is 1. The Balaban J connectivity index is 2.17. The van der Waals surface area contributed by atoms with Crippen LogP contribution in [0.3, 0.4) is 0 Å². The van der Waals surface area contributed by atoms with Gasteiger partial charge in [-0.3, -0.25) is 0 Å². The first kappa shape index (κ1) is 11.8. The Morgan fingerprint density at radius 3 is 2.29 bits per heavy atom. The minimum Gasteiger partial charge on any atom is -0.313 e. The van der Waals surface area contributed by atoms with Crippen molar-refractivity contribution in [3.8, 4) is 0 Å². The summed E-state index contributed by atoms with van der Waals surface area (Å²) in [5, 5.41) is 2.96. The van der Waals surface area contributed by atoms with Gasteiger partial charge in [0.25, 0.3) is 0 Å². The van der Waals surface area contributed by atoms with E-state index in [1.54, 1.807) is 6.92 Å². The Morgan fingerprint density at radius 2 is 1.93 bits per heavy atom. The van der Waals surface area contributed by atoms with Crippen LogP contribution in [0.5, 0.6) is 0 Å². The lowest BCUT2D eigenvalue weighted by Crippen LogP contribution is -2.42. The molecule has 0 saturated heterocycles. The second kappa shape index (κ2) is 4.09. The molecule has 1 aliphatic rings. The Hall–Kier alpha value is -0.250. The minimum absolute atomic E-state index is 0.250. The molecule has 1 atom stereocenters. The summed E-state index contributed by atoms with van der Waals surface area (Å²) in [4.78, 5) is 0. The van der Waals surface area contributed by atoms with Crippen LogP contribution in [-0.2, 0) is 0 Å². The monoisotopic (exact) mass is 209 g/mol. The van der Waals surface area contributed by atoms with E-state index < -0.39 is 18.6 Å². The third-order valence-electron chi connectivity index (χ3n) is 2.98. The maximum Gasteiger partial charge on any atom is 0.390 e. The molecule has 0 bridgehead atoms. The normalized spacial score (nSPS) is 22.9. The molecule has 1 saturated carbocycles. The molecule has 0 radical (unpaired) electrons. The highest BCUT2D eigenvalue weighted by molar-refractivity contribution is 4.86. The summed E-state index contributed by atoms with van der Waals surface area (Å²) in [5.74, 6) is 0. The molecular weight excluding hydrogens is 191 g/mol. The van der Waals surface area contributed by atoms with E-state index >= 15 is 0 Å². The zero-order valence-corrected chi connectivity index (χ0v) is 8.75. The Bertz CT molecular complexity index is 184. The van der Waals surface area contributed by atoms with E-state index in [1.807, 2.05) is 0 Å². The van der Waals surface area contributed by atoms with Crippen LogP contribution in [0.25, 0.3) is 0 Å². The Labute approximate surface area is 83.1 Å². The quantitative estimate of drug-likeness (QED) is 0.750. The summed E-state index contributed by atoms with van der Waals surface area (Å²) in [6, 6.07) is -0.465. The van der Waals surface area contributed by atoms with Gasteiger partial charge < -0.3 is 5.32 Å². The van der Waals surface area contributed by atoms with Gasteiger partial charge in [-0.05, 0) is 25.2 Å². The van der Waals surface area contributed by atoms with E-state index in [-0.39, 0.29) is 5.41 Å². The predicted octanol–water partition coefficient (Wildman–Crippen LogP) is 3.11. The zero-order valence-electron chi connectivity index (χ0n) is 8.75. The molecule has 0 heterocycles. The molecule has 0 spiro atoms. The molecule has 1 aliphatic carbocycles. The predicted molar refractivity (Wildman–Crippen MR) is 50.1 cm³/mol. The second-order valence-electron chi connectivity index (χ2n) is 4.77. The van der Waals surface area contributed by atoms with Crippen LogP contribution in [0.2, 0.25) is 0 Å². The van der Waals surface area contributed by atoms with Crippen molar-refractivity contribution in [1.82, 2.24) is 5.32 Å². The van der Waals surface area contributed by atoms with Gasteiger partial charge in [0, 0.05) is 12.6 Å². The van der Waals surface area contributed by atoms with Gasteiger partial charge in [0.05, 0.1) is 6.42 Å². The number of nitrogens with one attached hydrogen (secondary N) is 1. The number of hydrogen-bond donors (Lipinski definition) is 1. The average molecular weight is 209 g/mol. The number of alkyl halides is 3. The van der Waals surface area contributed by atoms with Crippen LogP contribution in [0.4, 0.5) is 13.2 Å². The third kappa shape index (κ3) is 3.86. The summed E-state index contributed by atoms with van der Waals surface area (Å²) in [7, 11) is 0. The highest BCUT2D eigenvalue weighted by atomic mass is 19.4. The topological polar surface area (TPSA) is 12.0 Å². The van der Waals surface area contributed by atoms with Crippen molar-refractivity contribution in [2.24, 2.45) is 5.41 Å². The first-order chi connectivity index (χ1) is 6.31. The highest BCUT2D eigenvalue weighted by Crippen LogP contribution is 2.39. The first-order valence-corrected chi connectivity index (χ1v) is 5.11. The van der Waals surface area contributed by atoms with E-state index in [0.717, 1.165) is 12.8 Å². The fourth-order valence-electron chi connectivity index (χ4n) is 1.80. The molecular formula is C10H18F3N. The standard InChI is InChI=1S/C10H18F3N/c1-8(6-10(11,12)13)14-7-9(2)4-3-5-9/h8,14H,3-7H2,1-2H3. The molecule has 0 amide bonds. The lowest BCUT2D eigenvalue weighted by Gasteiger charge is -2.39. The summed E-state index contributed by atoms with van der Waals surface area (Å²) in [5.41, 5.74) is 0.250. The molecule has 1 rings (SSSR count). The second-order valence-corrected chi connectivity index (χ2v) is 4.77. The molecule has 0 aromatic heterocycles. The SMILES string of the molecule is CC(CC(F)(F)F)NCC1(C)CCC1. The fourth-order valence-corrected chi connectivity index (χ4v) is 1.80. The van der Waals surface area contributed by atoms with E-state index in [4.69, 9.17) is 0 Å². The molecule has 1 nitrogen and oxygen atoms in total. The van der Waals surface area contributed by atoms with Crippen molar-refractivity contribution in [2.75, 3.05) is 6.54 Å².